The Hall–Kier alpha value is -1.19. The molecule has 3 rings (SSSR count). The first kappa shape index (κ1) is 10.9. The van der Waals surface area contributed by atoms with Gasteiger partial charge in [-0.1, -0.05) is 11.6 Å². The first-order chi connectivity index (χ1) is 8.29. The number of nitrogens with one attached hydrogen (secondary N) is 2. The van der Waals surface area contributed by atoms with Crippen molar-refractivity contribution in [3.8, 4) is 5.75 Å². The van der Waals surface area contributed by atoms with E-state index < -0.39 is 0 Å². The number of methoxy groups -OCH3 is 1. The molecule has 0 radical (unpaired) electrons. The third-order valence-electron chi connectivity index (χ3n) is 3.38. The summed E-state index contributed by atoms with van der Waals surface area (Å²) in [6, 6.07) is 6.32. The Morgan fingerprint density at radius 3 is 3.00 bits per heavy atom. The maximum atomic E-state index is 6.21. The second-order valence-corrected chi connectivity index (χ2v) is 4.82. The van der Waals surface area contributed by atoms with Crippen LogP contribution in [0.25, 0.3) is 10.9 Å². The van der Waals surface area contributed by atoms with Crippen molar-refractivity contribution in [1.29, 1.82) is 0 Å². The minimum atomic E-state index is 0.420. The molecule has 17 heavy (non-hydrogen) atoms. The molecule has 1 unspecified atom stereocenters. The standard InChI is InChI=1S/C13H15ClN2O/c1-17-12-5-4-9(14)8-7-11(16-13(8)12)10-3-2-6-15-10/h4-5,7,10,15-16H,2-3,6H2,1H3. The minimum Gasteiger partial charge on any atom is -0.495 e. The Morgan fingerprint density at radius 2 is 2.29 bits per heavy atom. The predicted octanol–water partition coefficient (Wildman–Crippen LogP) is 3.25. The van der Waals surface area contributed by atoms with Gasteiger partial charge in [0.05, 0.1) is 17.6 Å². The van der Waals surface area contributed by atoms with Crippen molar-refractivity contribution in [2.75, 3.05) is 13.7 Å². The molecule has 1 aliphatic heterocycles. The van der Waals surface area contributed by atoms with E-state index in [4.69, 9.17) is 16.3 Å². The highest BCUT2D eigenvalue weighted by atomic mass is 35.5. The average molecular weight is 251 g/mol. The highest BCUT2D eigenvalue weighted by molar-refractivity contribution is 6.35. The molecule has 2 N–H and O–H groups in total. The quantitative estimate of drug-likeness (QED) is 0.859. The van der Waals surface area contributed by atoms with Gasteiger partial charge in [-0.25, -0.2) is 0 Å². The largest absolute Gasteiger partial charge is 0.495 e. The van der Waals surface area contributed by atoms with Gasteiger partial charge in [0.1, 0.15) is 5.75 Å². The molecule has 1 aromatic carbocycles. The van der Waals surface area contributed by atoms with Crippen LogP contribution in [0.1, 0.15) is 24.6 Å². The summed E-state index contributed by atoms with van der Waals surface area (Å²) < 4.78 is 5.35. The number of H-pyrrole nitrogens is 1. The van der Waals surface area contributed by atoms with Crippen LogP contribution in [0, 0.1) is 0 Å². The second kappa shape index (κ2) is 4.24. The van der Waals surface area contributed by atoms with Crippen LogP contribution in [-0.4, -0.2) is 18.6 Å². The summed E-state index contributed by atoms with van der Waals surface area (Å²) in [4.78, 5) is 3.43. The molecule has 1 fully saturated rings. The summed E-state index contributed by atoms with van der Waals surface area (Å²) in [5.74, 6) is 0.841. The minimum absolute atomic E-state index is 0.420. The van der Waals surface area contributed by atoms with Gasteiger partial charge in [0.25, 0.3) is 0 Å². The molecule has 0 amide bonds. The number of hydrogen-bond acceptors (Lipinski definition) is 2. The fourth-order valence-corrected chi connectivity index (χ4v) is 2.70. The molecule has 0 spiro atoms. The highest BCUT2D eigenvalue weighted by Gasteiger charge is 2.19. The van der Waals surface area contributed by atoms with Gasteiger partial charge in [-0.15, -0.1) is 0 Å². The number of ether oxygens (including phenoxy) is 1. The van der Waals surface area contributed by atoms with Crippen LogP contribution in [-0.2, 0) is 0 Å². The molecule has 0 saturated carbocycles. The summed E-state index contributed by atoms with van der Waals surface area (Å²) in [6.07, 6.45) is 2.40. The van der Waals surface area contributed by atoms with E-state index in [9.17, 15) is 0 Å². The summed E-state index contributed by atoms with van der Waals surface area (Å²) >= 11 is 6.21. The molecule has 0 bridgehead atoms. The van der Waals surface area contributed by atoms with E-state index in [1.165, 1.54) is 18.5 Å². The van der Waals surface area contributed by atoms with E-state index in [1.54, 1.807) is 7.11 Å². The highest BCUT2D eigenvalue weighted by Crippen LogP contribution is 2.34. The third kappa shape index (κ3) is 1.79. The van der Waals surface area contributed by atoms with E-state index in [1.807, 2.05) is 12.1 Å². The smallest absolute Gasteiger partial charge is 0.143 e. The topological polar surface area (TPSA) is 37.0 Å². The molecular formula is C13H15ClN2O. The number of benzene rings is 1. The second-order valence-electron chi connectivity index (χ2n) is 4.41. The molecule has 1 aromatic heterocycles. The molecule has 2 heterocycles. The lowest BCUT2D eigenvalue weighted by atomic mass is 10.1. The van der Waals surface area contributed by atoms with Crippen LogP contribution in [0.15, 0.2) is 18.2 Å². The van der Waals surface area contributed by atoms with E-state index in [0.717, 1.165) is 28.2 Å². The molecule has 4 heteroatoms. The van der Waals surface area contributed by atoms with E-state index in [0.29, 0.717) is 6.04 Å². The van der Waals surface area contributed by atoms with Gasteiger partial charge in [-0.05, 0) is 37.6 Å². The summed E-state index contributed by atoms with van der Waals surface area (Å²) in [5.41, 5.74) is 2.19. The summed E-state index contributed by atoms with van der Waals surface area (Å²) in [7, 11) is 1.68. The Labute approximate surface area is 105 Å². The van der Waals surface area contributed by atoms with Crippen molar-refractivity contribution < 1.29 is 4.74 Å². The normalized spacial score (nSPS) is 20.0. The molecule has 0 aliphatic carbocycles. The number of fused-ring (bicyclic) bond motifs is 1. The lowest BCUT2D eigenvalue weighted by Crippen LogP contribution is -2.12. The molecule has 3 nitrogen and oxygen atoms in total. The maximum Gasteiger partial charge on any atom is 0.143 e. The van der Waals surface area contributed by atoms with Gasteiger partial charge in [0.2, 0.25) is 0 Å². The van der Waals surface area contributed by atoms with Crippen molar-refractivity contribution in [3.05, 3.63) is 28.9 Å². The van der Waals surface area contributed by atoms with E-state index >= 15 is 0 Å². The number of rotatable bonds is 2. The molecular weight excluding hydrogens is 236 g/mol. The molecule has 2 aromatic rings. The van der Waals surface area contributed by atoms with Gasteiger partial charge < -0.3 is 15.0 Å². The molecule has 1 atom stereocenters. The molecule has 90 valence electrons. The van der Waals surface area contributed by atoms with Gasteiger partial charge in [-0.3, -0.25) is 0 Å². The SMILES string of the molecule is COc1ccc(Cl)c2cc(C3CCCN3)[nH]c12. The predicted molar refractivity (Wildman–Crippen MR) is 69.8 cm³/mol. The van der Waals surface area contributed by atoms with E-state index in [-0.39, 0.29) is 0 Å². The van der Waals surface area contributed by atoms with Crippen LogP contribution >= 0.6 is 11.6 Å². The van der Waals surface area contributed by atoms with Crippen LogP contribution in [0.4, 0.5) is 0 Å². The molecule has 1 aliphatic rings. The van der Waals surface area contributed by atoms with Gasteiger partial charge >= 0.3 is 0 Å². The van der Waals surface area contributed by atoms with Gasteiger partial charge in [-0.2, -0.15) is 0 Å². The van der Waals surface area contributed by atoms with Crippen molar-refractivity contribution in [3.63, 3.8) is 0 Å². The zero-order chi connectivity index (χ0) is 11.8. The summed E-state index contributed by atoms with van der Waals surface area (Å²) in [5, 5.41) is 5.28. The van der Waals surface area contributed by atoms with Crippen LogP contribution in [0.5, 0.6) is 5.75 Å². The van der Waals surface area contributed by atoms with Gasteiger partial charge in [0, 0.05) is 17.1 Å². The Kier molecular flexibility index (Phi) is 2.73. The van der Waals surface area contributed by atoms with Crippen molar-refractivity contribution in [2.24, 2.45) is 0 Å². The number of halogens is 1. The third-order valence-corrected chi connectivity index (χ3v) is 3.71. The van der Waals surface area contributed by atoms with Crippen molar-refractivity contribution in [2.45, 2.75) is 18.9 Å². The van der Waals surface area contributed by atoms with E-state index in [2.05, 4.69) is 16.4 Å². The molecule has 1 saturated heterocycles. The number of hydrogen-bond donors (Lipinski definition) is 2. The lowest BCUT2D eigenvalue weighted by molar-refractivity contribution is 0.419. The first-order valence-corrected chi connectivity index (χ1v) is 6.26. The Balaban J connectivity index is 2.13. The van der Waals surface area contributed by atoms with Crippen molar-refractivity contribution >= 4 is 22.5 Å². The fourth-order valence-electron chi connectivity index (χ4n) is 2.49. The Morgan fingerprint density at radius 1 is 1.41 bits per heavy atom. The zero-order valence-electron chi connectivity index (χ0n) is 9.72. The van der Waals surface area contributed by atoms with Crippen LogP contribution < -0.4 is 10.1 Å². The summed E-state index contributed by atoms with van der Waals surface area (Å²) in [6.45, 7) is 1.09. The maximum absolute atomic E-state index is 6.21. The fraction of sp³-hybridized carbons (Fsp3) is 0.385. The van der Waals surface area contributed by atoms with Crippen LogP contribution in [0.2, 0.25) is 5.02 Å². The monoisotopic (exact) mass is 250 g/mol. The Bertz CT molecular complexity index is 544. The number of aromatic nitrogens is 1. The van der Waals surface area contributed by atoms with Crippen LogP contribution in [0.3, 0.4) is 0 Å². The number of aromatic amines is 1. The van der Waals surface area contributed by atoms with Crippen molar-refractivity contribution in [1.82, 2.24) is 10.3 Å². The first-order valence-electron chi connectivity index (χ1n) is 5.88. The average Bonchev–Trinajstić information content (AvgIpc) is 2.98. The lowest BCUT2D eigenvalue weighted by Gasteiger charge is -2.06. The zero-order valence-corrected chi connectivity index (χ0v) is 10.5. The van der Waals surface area contributed by atoms with Gasteiger partial charge in [0.15, 0.2) is 0 Å².